The Bertz CT molecular complexity index is 359. The second-order valence-corrected chi connectivity index (χ2v) is 6.57. The van der Waals surface area contributed by atoms with Gasteiger partial charge in [0.05, 0.1) is 17.2 Å². The smallest absolute Gasteiger partial charge is 0.121 e. The number of alkyl halides is 2. The summed E-state index contributed by atoms with van der Waals surface area (Å²) in [6.07, 6.45) is 1.64. The first kappa shape index (κ1) is 13.3. The first-order valence-corrected chi connectivity index (χ1v) is 6.48. The summed E-state index contributed by atoms with van der Waals surface area (Å²) in [5.41, 5.74) is 0.531. The lowest BCUT2D eigenvalue weighted by Crippen LogP contribution is -1.86. The third-order valence-corrected chi connectivity index (χ3v) is 2.59. The zero-order chi connectivity index (χ0) is 11.4. The molecule has 15 heavy (non-hydrogen) atoms. The normalized spacial score (nSPS) is 11.3. The summed E-state index contributed by atoms with van der Waals surface area (Å²) in [6, 6.07) is 3.33. The Morgan fingerprint density at radius 3 is 2.27 bits per heavy atom. The van der Waals surface area contributed by atoms with Crippen LogP contribution in [0.5, 0.6) is 5.75 Å². The average molecular weight is 376 g/mol. The lowest BCUT2D eigenvalue weighted by Gasteiger charge is -2.05. The van der Waals surface area contributed by atoms with Crippen molar-refractivity contribution in [1.29, 1.82) is 0 Å². The fourth-order valence-corrected chi connectivity index (χ4v) is 1.72. The van der Waals surface area contributed by atoms with Gasteiger partial charge in [0.15, 0.2) is 0 Å². The van der Waals surface area contributed by atoms with Crippen LogP contribution in [0.1, 0.15) is 0 Å². The van der Waals surface area contributed by atoms with Gasteiger partial charge in [0.2, 0.25) is 0 Å². The highest BCUT2D eigenvalue weighted by molar-refractivity contribution is 9.25. The number of aliphatic imine (C=N–C) groups is 1. The minimum absolute atomic E-state index is 0.0146. The van der Waals surface area contributed by atoms with Crippen LogP contribution in [0.3, 0.4) is 0 Å². The Morgan fingerprint density at radius 2 is 1.87 bits per heavy atom. The molecule has 0 radical (unpaired) electrons. The fraction of sp³-hybridized carbons (Fsp3) is 0.222. The van der Waals surface area contributed by atoms with Crippen molar-refractivity contribution in [3.05, 3.63) is 22.2 Å². The van der Waals surface area contributed by atoms with Gasteiger partial charge in [-0.05, 0) is 0 Å². The molecule has 0 N–H and O–H groups in total. The molecule has 0 aliphatic carbocycles. The van der Waals surface area contributed by atoms with Gasteiger partial charge in [-0.25, -0.2) is 0 Å². The van der Waals surface area contributed by atoms with E-state index in [9.17, 15) is 0 Å². The van der Waals surface area contributed by atoms with Crippen molar-refractivity contribution in [3.63, 3.8) is 0 Å². The Balaban J connectivity index is 3.08. The molecule has 0 bridgehead atoms. The first-order chi connectivity index (χ1) is 7.04. The van der Waals surface area contributed by atoms with Crippen molar-refractivity contribution in [2.24, 2.45) is 4.99 Å². The standard InChI is InChI=1S/C9H7Br2Cl2NO/c1-15-5-2-6(12)9(7(13)3-5)14-4-8(10)11/h2-4,8H,1H3. The second kappa shape index (κ2) is 6.09. The molecule has 0 atom stereocenters. The quantitative estimate of drug-likeness (QED) is 0.548. The molecule has 0 saturated carbocycles. The van der Waals surface area contributed by atoms with Gasteiger partial charge in [-0.15, -0.1) is 0 Å². The summed E-state index contributed by atoms with van der Waals surface area (Å²) in [5.74, 6) is 0.609. The van der Waals surface area contributed by atoms with Gasteiger partial charge in [-0.2, -0.15) is 0 Å². The van der Waals surface area contributed by atoms with E-state index in [2.05, 4.69) is 36.9 Å². The lowest BCUT2D eigenvalue weighted by atomic mass is 10.3. The van der Waals surface area contributed by atoms with Gasteiger partial charge in [0, 0.05) is 18.3 Å². The van der Waals surface area contributed by atoms with Crippen molar-refractivity contribution >= 4 is 67.0 Å². The third kappa shape index (κ3) is 3.94. The number of benzene rings is 1. The summed E-state index contributed by atoms with van der Waals surface area (Å²) in [6.45, 7) is 0. The van der Waals surface area contributed by atoms with Crippen LogP contribution >= 0.6 is 55.1 Å². The summed E-state index contributed by atoms with van der Waals surface area (Å²) in [4.78, 5) is 4.14. The number of hydrogen-bond acceptors (Lipinski definition) is 2. The molecule has 0 spiro atoms. The molecule has 2 nitrogen and oxygen atoms in total. The number of halogens is 4. The molecule has 1 rings (SSSR count). The van der Waals surface area contributed by atoms with Crippen LogP contribution in [0.25, 0.3) is 0 Å². The van der Waals surface area contributed by atoms with Crippen molar-refractivity contribution in [3.8, 4) is 5.75 Å². The van der Waals surface area contributed by atoms with E-state index in [1.165, 1.54) is 0 Å². The summed E-state index contributed by atoms with van der Waals surface area (Å²) >= 11 is 18.5. The average Bonchev–Trinajstić information content (AvgIpc) is 2.15. The van der Waals surface area contributed by atoms with E-state index in [0.29, 0.717) is 21.5 Å². The van der Waals surface area contributed by atoms with E-state index < -0.39 is 0 Å². The molecule has 0 saturated heterocycles. The van der Waals surface area contributed by atoms with Crippen LogP contribution in [0, 0.1) is 0 Å². The van der Waals surface area contributed by atoms with Gasteiger partial charge in [0.25, 0.3) is 0 Å². The maximum Gasteiger partial charge on any atom is 0.121 e. The van der Waals surface area contributed by atoms with Crippen molar-refractivity contribution in [2.75, 3.05) is 7.11 Å². The Labute approximate surface area is 115 Å². The lowest BCUT2D eigenvalue weighted by molar-refractivity contribution is 0.415. The molecule has 0 unspecified atom stereocenters. The van der Waals surface area contributed by atoms with E-state index in [4.69, 9.17) is 27.9 Å². The van der Waals surface area contributed by atoms with Crippen LogP contribution in [-0.4, -0.2) is 17.1 Å². The Hall–Kier alpha value is 0.230. The Morgan fingerprint density at radius 1 is 1.33 bits per heavy atom. The largest absolute Gasteiger partial charge is 0.497 e. The number of rotatable bonds is 3. The van der Waals surface area contributed by atoms with E-state index in [1.807, 2.05) is 0 Å². The first-order valence-electron chi connectivity index (χ1n) is 3.90. The van der Waals surface area contributed by atoms with Crippen molar-refractivity contribution < 1.29 is 4.74 Å². The SMILES string of the molecule is COc1cc(Cl)c(N=CC(Br)Br)c(Cl)c1. The molecular weight excluding hydrogens is 369 g/mol. The molecule has 0 aromatic heterocycles. The highest BCUT2D eigenvalue weighted by Gasteiger charge is 2.07. The summed E-state index contributed by atoms with van der Waals surface area (Å²) < 4.78 is 5.00. The van der Waals surface area contributed by atoms with Crippen molar-refractivity contribution in [1.82, 2.24) is 0 Å². The number of ether oxygens (including phenoxy) is 1. The van der Waals surface area contributed by atoms with Crippen LogP contribution in [0.4, 0.5) is 5.69 Å². The third-order valence-electron chi connectivity index (χ3n) is 1.54. The van der Waals surface area contributed by atoms with E-state index in [1.54, 1.807) is 25.5 Å². The molecule has 82 valence electrons. The van der Waals surface area contributed by atoms with Gasteiger partial charge in [-0.1, -0.05) is 55.1 Å². The zero-order valence-corrected chi connectivity index (χ0v) is 12.4. The summed E-state index contributed by atoms with van der Waals surface area (Å²) in [5, 5.41) is 0.910. The zero-order valence-electron chi connectivity index (χ0n) is 7.68. The molecule has 0 heterocycles. The number of methoxy groups -OCH3 is 1. The monoisotopic (exact) mass is 373 g/mol. The molecule has 0 amide bonds. The van der Waals surface area contributed by atoms with E-state index in [-0.39, 0.29) is 3.74 Å². The molecule has 0 aliphatic heterocycles. The van der Waals surface area contributed by atoms with E-state index >= 15 is 0 Å². The van der Waals surface area contributed by atoms with Crippen LogP contribution in [0.15, 0.2) is 17.1 Å². The second-order valence-electron chi connectivity index (χ2n) is 2.55. The molecule has 0 fully saturated rings. The molecule has 0 aliphatic rings. The van der Waals surface area contributed by atoms with Gasteiger partial charge >= 0.3 is 0 Å². The van der Waals surface area contributed by atoms with Crippen LogP contribution in [-0.2, 0) is 0 Å². The van der Waals surface area contributed by atoms with E-state index in [0.717, 1.165) is 0 Å². The predicted molar refractivity (Wildman–Crippen MR) is 72.8 cm³/mol. The minimum Gasteiger partial charge on any atom is -0.497 e. The van der Waals surface area contributed by atoms with Gasteiger partial charge < -0.3 is 4.74 Å². The highest BCUT2D eigenvalue weighted by Crippen LogP contribution is 2.36. The highest BCUT2D eigenvalue weighted by atomic mass is 79.9. The number of hydrogen-bond donors (Lipinski definition) is 0. The molecule has 1 aromatic carbocycles. The van der Waals surface area contributed by atoms with Crippen molar-refractivity contribution in [2.45, 2.75) is 3.74 Å². The maximum absolute atomic E-state index is 5.99. The summed E-state index contributed by atoms with van der Waals surface area (Å²) in [7, 11) is 1.55. The molecule has 1 aromatic rings. The maximum atomic E-state index is 5.99. The van der Waals surface area contributed by atoms with Crippen LogP contribution < -0.4 is 4.74 Å². The fourth-order valence-electron chi connectivity index (χ4n) is 0.914. The number of nitrogens with zero attached hydrogens (tertiary/aromatic N) is 1. The van der Waals surface area contributed by atoms with Gasteiger partial charge in [0.1, 0.15) is 15.2 Å². The van der Waals surface area contributed by atoms with Gasteiger partial charge in [-0.3, -0.25) is 4.99 Å². The molecule has 6 heteroatoms. The topological polar surface area (TPSA) is 21.6 Å². The van der Waals surface area contributed by atoms with Crippen LogP contribution in [0.2, 0.25) is 10.0 Å². The molecular formula is C9H7Br2Cl2NO. The predicted octanol–water partition coefficient (Wildman–Crippen LogP) is 4.82. The minimum atomic E-state index is -0.0146. The Kier molecular flexibility index (Phi) is 5.39.